The van der Waals surface area contributed by atoms with E-state index < -0.39 is 0 Å². The summed E-state index contributed by atoms with van der Waals surface area (Å²) in [4.78, 5) is 3.92. The van der Waals surface area contributed by atoms with Crippen LogP contribution in [-0.2, 0) is 0 Å². The molecule has 0 radical (unpaired) electrons. The van der Waals surface area contributed by atoms with E-state index in [9.17, 15) is 0 Å². The van der Waals surface area contributed by atoms with Crippen LogP contribution in [-0.4, -0.2) is 5.96 Å². The molecule has 0 spiro atoms. The van der Waals surface area contributed by atoms with Gasteiger partial charge in [0.05, 0.1) is 0 Å². The molecule has 1 heterocycles. The Hall–Kier alpha value is -1.25. The van der Waals surface area contributed by atoms with Crippen LogP contribution in [0.25, 0.3) is 0 Å². The Labute approximate surface area is 54.0 Å². The summed E-state index contributed by atoms with van der Waals surface area (Å²) in [6.45, 7) is 5.54. The van der Waals surface area contributed by atoms with Crippen molar-refractivity contribution in [1.29, 1.82) is 0 Å². The molecule has 0 amide bonds. The highest BCUT2D eigenvalue weighted by molar-refractivity contribution is 5.82. The third-order valence-corrected chi connectivity index (χ3v) is 0.969. The highest BCUT2D eigenvalue weighted by Gasteiger charge is 1.99. The van der Waals surface area contributed by atoms with Gasteiger partial charge in [0.15, 0.2) is 5.96 Å². The summed E-state index contributed by atoms with van der Waals surface area (Å²) in [7, 11) is 0. The Balaban J connectivity index is 2.86. The van der Waals surface area contributed by atoms with Gasteiger partial charge in [-0.15, -0.1) is 0 Å². The number of nitrogens with two attached hydrogens (primary N) is 1. The zero-order valence-electron chi connectivity index (χ0n) is 5.31. The second-order valence-corrected chi connectivity index (χ2v) is 1.93. The van der Waals surface area contributed by atoms with E-state index in [4.69, 9.17) is 5.73 Å². The van der Waals surface area contributed by atoms with Gasteiger partial charge < -0.3 is 11.1 Å². The van der Waals surface area contributed by atoms with E-state index in [-0.39, 0.29) is 0 Å². The lowest BCUT2D eigenvalue weighted by molar-refractivity contribution is 1.07. The lowest BCUT2D eigenvalue weighted by Gasteiger charge is -2.09. The molecule has 0 bridgehead atoms. The van der Waals surface area contributed by atoms with Gasteiger partial charge in [-0.05, 0) is 13.0 Å². The Morgan fingerprint density at radius 2 is 2.44 bits per heavy atom. The van der Waals surface area contributed by atoms with E-state index in [1.54, 1.807) is 0 Å². The van der Waals surface area contributed by atoms with E-state index in [0.29, 0.717) is 5.96 Å². The zero-order valence-corrected chi connectivity index (χ0v) is 5.31. The molecule has 0 unspecified atom stereocenters. The molecule has 48 valence electrons. The van der Waals surface area contributed by atoms with E-state index in [0.717, 1.165) is 11.4 Å². The van der Waals surface area contributed by atoms with Gasteiger partial charge in [0.25, 0.3) is 0 Å². The average Bonchev–Trinajstić information content (AvgIpc) is 1.59. The van der Waals surface area contributed by atoms with Gasteiger partial charge >= 0.3 is 0 Å². The van der Waals surface area contributed by atoms with E-state index in [1.807, 2.05) is 13.0 Å². The highest BCUT2D eigenvalue weighted by Crippen LogP contribution is 2.02. The van der Waals surface area contributed by atoms with Gasteiger partial charge in [0, 0.05) is 11.4 Å². The van der Waals surface area contributed by atoms with Gasteiger partial charge in [0.1, 0.15) is 0 Å². The van der Waals surface area contributed by atoms with Crippen LogP contribution in [0.15, 0.2) is 29.0 Å². The number of hydrogen-bond acceptors (Lipinski definition) is 3. The van der Waals surface area contributed by atoms with Crippen molar-refractivity contribution in [3.05, 3.63) is 24.0 Å². The quantitative estimate of drug-likeness (QED) is 0.487. The predicted molar refractivity (Wildman–Crippen MR) is 37.7 cm³/mol. The van der Waals surface area contributed by atoms with Crippen molar-refractivity contribution in [3.8, 4) is 0 Å². The van der Waals surface area contributed by atoms with Crippen molar-refractivity contribution in [2.75, 3.05) is 0 Å². The molecule has 0 saturated carbocycles. The molecular formula is C6H9N3. The number of rotatable bonds is 0. The zero-order chi connectivity index (χ0) is 6.85. The maximum Gasteiger partial charge on any atom is 0.198 e. The van der Waals surface area contributed by atoms with Crippen LogP contribution < -0.4 is 11.1 Å². The smallest absolute Gasteiger partial charge is 0.198 e. The third-order valence-electron chi connectivity index (χ3n) is 0.969. The molecule has 0 aromatic heterocycles. The van der Waals surface area contributed by atoms with Crippen molar-refractivity contribution < 1.29 is 0 Å². The average molecular weight is 123 g/mol. The van der Waals surface area contributed by atoms with Crippen LogP contribution in [0.2, 0.25) is 0 Å². The van der Waals surface area contributed by atoms with Crippen LogP contribution in [0.1, 0.15) is 6.92 Å². The van der Waals surface area contributed by atoms with E-state index in [2.05, 4.69) is 16.9 Å². The Kier molecular flexibility index (Phi) is 1.26. The second kappa shape index (κ2) is 1.93. The first-order valence-corrected chi connectivity index (χ1v) is 2.67. The lowest BCUT2D eigenvalue weighted by atomic mass is 10.3. The van der Waals surface area contributed by atoms with Gasteiger partial charge in [0.2, 0.25) is 0 Å². The van der Waals surface area contributed by atoms with Crippen molar-refractivity contribution in [2.45, 2.75) is 6.92 Å². The van der Waals surface area contributed by atoms with Crippen molar-refractivity contribution in [2.24, 2.45) is 10.7 Å². The molecule has 0 fully saturated rings. The maximum absolute atomic E-state index is 5.35. The Bertz CT molecular complexity index is 200. The lowest BCUT2D eigenvalue weighted by Crippen LogP contribution is -2.31. The minimum Gasteiger partial charge on any atom is -0.369 e. The molecule has 3 N–H and O–H groups in total. The number of hydrogen-bond donors (Lipinski definition) is 2. The number of nitrogens with zero attached hydrogens (tertiary/aromatic N) is 1. The fraction of sp³-hybridized carbons (Fsp3) is 0.167. The summed E-state index contributed by atoms with van der Waals surface area (Å²) in [5.41, 5.74) is 7.03. The minimum atomic E-state index is 0.417. The molecule has 0 aliphatic carbocycles. The fourth-order valence-corrected chi connectivity index (χ4v) is 0.703. The molecular weight excluding hydrogens is 114 g/mol. The molecule has 0 aromatic rings. The largest absolute Gasteiger partial charge is 0.369 e. The molecule has 3 heteroatoms. The first-order valence-electron chi connectivity index (χ1n) is 2.67. The summed E-state index contributed by atoms with van der Waals surface area (Å²) in [6.07, 6.45) is 1.83. The first-order chi connectivity index (χ1) is 4.18. The van der Waals surface area contributed by atoms with Crippen molar-refractivity contribution >= 4 is 5.96 Å². The molecule has 3 nitrogen and oxygen atoms in total. The minimum absolute atomic E-state index is 0.417. The highest BCUT2D eigenvalue weighted by atomic mass is 15.1. The number of guanidine groups is 1. The summed E-state index contributed by atoms with van der Waals surface area (Å²) in [6, 6.07) is 0. The molecule has 1 rings (SSSR count). The van der Waals surface area contributed by atoms with Crippen LogP contribution in [0.5, 0.6) is 0 Å². The molecule has 0 aromatic carbocycles. The SMILES string of the molecule is C=C1C=C(C)N=C(N)N1. The normalized spacial score (nSPS) is 18.1. The summed E-state index contributed by atoms with van der Waals surface area (Å²) < 4.78 is 0. The van der Waals surface area contributed by atoms with E-state index >= 15 is 0 Å². The molecule has 9 heavy (non-hydrogen) atoms. The standard InChI is InChI=1S/C6H9N3/c1-4-3-5(2)9-6(7)8-4/h3H,1H2,2H3,(H3,7,8,9). The molecule has 1 aliphatic heterocycles. The summed E-state index contributed by atoms with van der Waals surface area (Å²) in [5.74, 6) is 0.417. The van der Waals surface area contributed by atoms with Crippen LogP contribution in [0, 0.1) is 0 Å². The predicted octanol–water partition coefficient (Wildman–Crippen LogP) is 0.322. The third kappa shape index (κ3) is 1.32. The number of allylic oxidation sites excluding steroid dienone is 2. The molecule has 0 saturated heterocycles. The maximum atomic E-state index is 5.35. The van der Waals surface area contributed by atoms with Gasteiger partial charge in [-0.2, -0.15) is 0 Å². The Morgan fingerprint density at radius 1 is 1.78 bits per heavy atom. The Morgan fingerprint density at radius 3 is 2.89 bits per heavy atom. The van der Waals surface area contributed by atoms with Crippen LogP contribution in [0.4, 0.5) is 0 Å². The number of nitrogens with one attached hydrogen (secondary N) is 1. The summed E-state index contributed by atoms with van der Waals surface area (Å²) >= 11 is 0. The first kappa shape index (κ1) is 5.88. The van der Waals surface area contributed by atoms with Crippen molar-refractivity contribution in [1.82, 2.24) is 5.32 Å². The number of aliphatic imine (C=N–C) groups is 1. The fourth-order valence-electron chi connectivity index (χ4n) is 0.703. The van der Waals surface area contributed by atoms with E-state index in [1.165, 1.54) is 0 Å². The van der Waals surface area contributed by atoms with Gasteiger partial charge in [-0.3, -0.25) is 0 Å². The molecule has 1 aliphatic rings. The molecule has 0 atom stereocenters. The van der Waals surface area contributed by atoms with Crippen LogP contribution in [0.3, 0.4) is 0 Å². The topological polar surface area (TPSA) is 50.4 Å². The van der Waals surface area contributed by atoms with Gasteiger partial charge in [-0.1, -0.05) is 6.58 Å². The van der Waals surface area contributed by atoms with Crippen molar-refractivity contribution in [3.63, 3.8) is 0 Å². The van der Waals surface area contributed by atoms with Gasteiger partial charge in [-0.25, -0.2) is 4.99 Å². The summed E-state index contributed by atoms with van der Waals surface area (Å²) in [5, 5.41) is 2.77. The second-order valence-electron chi connectivity index (χ2n) is 1.93. The monoisotopic (exact) mass is 123 g/mol. The van der Waals surface area contributed by atoms with Crippen LogP contribution >= 0.6 is 0 Å².